The molecule has 0 aromatic carbocycles. The summed E-state index contributed by atoms with van der Waals surface area (Å²) in [6.07, 6.45) is 10.5. The molecule has 5 rings (SSSR count). The fourth-order valence-electron chi connectivity index (χ4n) is 3.78. The minimum absolute atomic E-state index is 0.625. The summed E-state index contributed by atoms with van der Waals surface area (Å²) in [5.41, 5.74) is 2.41. The van der Waals surface area contributed by atoms with Crippen LogP contribution in [0, 0.1) is 5.92 Å². The number of aryl methyl sites for hydroxylation is 1. The van der Waals surface area contributed by atoms with Gasteiger partial charge in [-0.1, -0.05) is 13.0 Å². The van der Waals surface area contributed by atoms with Crippen molar-refractivity contribution in [3.8, 4) is 11.4 Å². The molecule has 0 N–H and O–H groups in total. The molecule has 1 aliphatic carbocycles. The van der Waals surface area contributed by atoms with Gasteiger partial charge in [-0.3, -0.25) is 9.55 Å². The Bertz CT molecular complexity index is 1180. The molecule has 6 nitrogen and oxygen atoms in total. The SMILES string of the molecule is C=CCn1c(Sc2ncnc3sc4c(c23)CC[C@@H](C)C4)nnc1-c1ccncc1. The summed E-state index contributed by atoms with van der Waals surface area (Å²) in [5, 5.41) is 11.9. The molecule has 0 amide bonds. The lowest BCUT2D eigenvalue weighted by Crippen LogP contribution is -2.08. The normalized spacial score (nSPS) is 16.1. The van der Waals surface area contributed by atoms with Gasteiger partial charge in [0.25, 0.3) is 0 Å². The van der Waals surface area contributed by atoms with Crippen LogP contribution in [0.4, 0.5) is 0 Å². The van der Waals surface area contributed by atoms with E-state index in [1.54, 1.807) is 30.5 Å². The number of allylic oxidation sites excluding steroid dienone is 1. The van der Waals surface area contributed by atoms with Gasteiger partial charge >= 0.3 is 0 Å². The summed E-state index contributed by atoms with van der Waals surface area (Å²) in [4.78, 5) is 15.8. The van der Waals surface area contributed by atoms with Crippen LogP contribution in [0.25, 0.3) is 21.6 Å². The molecule has 4 aromatic heterocycles. The average Bonchev–Trinajstić information content (AvgIpc) is 3.30. The molecule has 0 radical (unpaired) electrons. The van der Waals surface area contributed by atoms with E-state index in [1.807, 2.05) is 29.5 Å². The van der Waals surface area contributed by atoms with Crippen molar-refractivity contribution in [2.24, 2.45) is 5.92 Å². The summed E-state index contributed by atoms with van der Waals surface area (Å²) in [6.45, 7) is 6.85. The maximum absolute atomic E-state index is 4.63. The Kier molecular flexibility index (Phi) is 4.89. The zero-order chi connectivity index (χ0) is 19.8. The highest BCUT2D eigenvalue weighted by Crippen LogP contribution is 2.42. The zero-order valence-electron chi connectivity index (χ0n) is 16.1. The number of pyridine rings is 1. The zero-order valence-corrected chi connectivity index (χ0v) is 17.7. The van der Waals surface area contributed by atoms with Gasteiger partial charge in [0.2, 0.25) is 0 Å². The molecule has 4 heterocycles. The molecule has 146 valence electrons. The Morgan fingerprint density at radius 3 is 2.97 bits per heavy atom. The largest absolute Gasteiger partial charge is 0.298 e. The van der Waals surface area contributed by atoms with E-state index >= 15 is 0 Å². The highest BCUT2D eigenvalue weighted by atomic mass is 32.2. The minimum atomic E-state index is 0.625. The van der Waals surface area contributed by atoms with E-state index in [0.29, 0.717) is 6.54 Å². The monoisotopic (exact) mass is 420 g/mol. The molecule has 0 bridgehead atoms. The number of rotatable bonds is 5. The molecule has 0 unspecified atom stereocenters. The van der Waals surface area contributed by atoms with Gasteiger partial charge in [-0.2, -0.15) is 0 Å². The van der Waals surface area contributed by atoms with E-state index in [9.17, 15) is 0 Å². The van der Waals surface area contributed by atoms with Gasteiger partial charge in [0.05, 0.1) is 0 Å². The van der Waals surface area contributed by atoms with Crippen LogP contribution in [0.2, 0.25) is 0 Å². The van der Waals surface area contributed by atoms with Crippen molar-refractivity contribution < 1.29 is 0 Å². The van der Waals surface area contributed by atoms with Crippen LogP contribution in [0.15, 0.2) is 53.7 Å². The second kappa shape index (κ2) is 7.68. The number of hydrogen-bond donors (Lipinski definition) is 0. The highest BCUT2D eigenvalue weighted by molar-refractivity contribution is 7.99. The molecule has 4 aromatic rings. The Hall–Kier alpha value is -2.58. The van der Waals surface area contributed by atoms with Gasteiger partial charge in [0, 0.05) is 34.8 Å². The predicted molar refractivity (Wildman–Crippen MR) is 116 cm³/mol. The molecule has 1 aliphatic rings. The molecule has 29 heavy (non-hydrogen) atoms. The first kappa shape index (κ1) is 18.4. The number of fused-ring (bicyclic) bond motifs is 3. The van der Waals surface area contributed by atoms with Gasteiger partial charge < -0.3 is 0 Å². The van der Waals surface area contributed by atoms with Crippen LogP contribution >= 0.6 is 23.1 Å². The molecule has 0 fully saturated rings. The average molecular weight is 421 g/mol. The Balaban J connectivity index is 1.58. The maximum atomic E-state index is 4.63. The molecule has 1 atom stereocenters. The maximum Gasteiger partial charge on any atom is 0.198 e. The third-order valence-electron chi connectivity index (χ3n) is 5.21. The van der Waals surface area contributed by atoms with E-state index in [2.05, 4.69) is 43.2 Å². The molecule has 8 heteroatoms. The van der Waals surface area contributed by atoms with Crippen molar-refractivity contribution in [2.75, 3.05) is 0 Å². The number of nitrogens with zero attached hydrogens (tertiary/aromatic N) is 6. The smallest absolute Gasteiger partial charge is 0.198 e. The Labute approximate surface area is 177 Å². The van der Waals surface area contributed by atoms with E-state index in [4.69, 9.17) is 0 Å². The van der Waals surface area contributed by atoms with E-state index < -0.39 is 0 Å². The third kappa shape index (κ3) is 3.36. The molecule has 0 aliphatic heterocycles. The van der Waals surface area contributed by atoms with E-state index in [1.165, 1.54) is 22.2 Å². The second-order valence-corrected chi connectivity index (χ2v) is 9.29. The van der Waals surface area contributed by atoms with Crippen LogP contribution in [0.3, 0.4) is 0 Å². The minimum Gasteiger partial charge on any atom is -0.298 e. The number of hydrogen-bond acceptors (Lipinski definition) is 7. The lowest BCUT2D eigenvalue weighted by Gasteiger charge is -2.18. The molecular weight excluding hydrogens is 400 g/mol. The molecular formula is C21H20N6S2. The lowest BCUT2D eigenvalue weighted by atomic mass is 9.89. The van der Waals surface area contributed by atoms with Crippen molar-refractivity contribution in [3.05, 3.63) is 53.9 Å². The van der Waals surface area contributed by atoms with Crippen LogP contribution in [-0.2, 0) is 19.4 Å². The van der Waals surface area contributed by atoms with Gasteiger partial charge in [0.15, 0.2) is 11.0 Å². The Morgan fingerprint density at radius 2 is 2.14 bits per heavy atom. The Morgan fingerprint density at radius 1 is 1.28 bits per heavy atom. The summed E-state index contributed by atoms with van der Waals surface area (Å²) in [7, 11) is 0. The van der Waals surface area contributed by atoms with Crippen molar-refractivity contribution in [3.63, 3.8) is 0 Å². The third-order valence-corrected chi connectivity index (χ3v) is 7.36. The van der Waals surface area contributed by atoms with Crippen molar-refractivity contribution in [2.45, 2.75) is 42.9 Å². The summed E-state index contributed by atoms with van der Waals surface area (Å²) < 4.78 is 2.07. The number of aromatic nitrogens is 6. The first-order chi connectivity index (χ1) is 14.2. The first-order valence-electron chi connectivity index (χ1n) is 9.62. The van der Waals surface area contributed by atoms with E-state index in [-0.39, 0.29) is 0 Å². The van der Waals surface area contributed by atoms with Crippen LogP contribution in [0.1, 0.15) is 23.8 Å². The quantitative estimate of drug-likeness (QED) is 0.341. The standard InChI is InChI=1S/C21H20N6S2/c1-3-10-27-18(14-6-8-22-9-7-14)25-26-21(27)29-20-17-15-5-4-13(2)11-16(15)28-19(17)23-12-24-20/h3,6-9,12-13H,1,4-5,10-11H2,2H3/t13-/m1/s1. The molecule has 0 saturated heterocycles. The van der Waals surface area contributed by atoms with Crippen LogP contribution in [0.5, 0.6) is 0 Å². The van der Waals surface area contributed by atoms with Crippen molar-refractivity contribution in [1.29, 1.82) is 0 Å². The fraction of sp³-hybridized carbons (Fsp3) is 0.286. The summed E-state index contributed by atoms with van der Waals surface area (Å²) in [5.74, 6) is 1.54. The van der Waals surface area contributed by atoms with Gasteiger partial charge in [-0.25, -0.2) is 9.97 Å². The topological polar surface area (TPSA) is 69.4 Å². The van der Waals surface area contributed by atoms with Gasteiger partial charge in [-0.15, -0.1) is 28.1 Å². The van der Waals surface area contributed by atoms with E-state index in [0.717, 1.165) is 45.2 Å². The lowest BCUT2D eigenvalue weighted by molar-refractivity contribution is 0.509. The fourth-order valence-corrected chi connectivity index (χ4v) is 6.14. The second-order valence-electron chi connectivity index (χ2n) is 7.25. The number of thiophene rings is 1. The van der Waals surface area contributed by atoms with Gasteiger partial charge in [0.1, 0.15) is 16.2 Å². The van der Waals surface area contributed by atoms with Gasteiger partial charge in [-0.05, 0) is 54.6 Å². The highest BCUT2D eigenvalue weighted by Gasteiger charge is 2.24. The van der Waals surface area contributed by atoms with Crippen LogP contribution in [-0.4, -0.2) is 29.7 Å². The summed E-state index contributed by atoms with van der Waals surface area (Å²) in [6, 6.07) is 3.88. The molecule has 0 saturated carbocycles. The predicted octanol–water partition coefficient (Wildman–Crippen LogP) is 4.81. The summed E-state index contributed by atoms with van der Waals surface area (Å²) >= 11 is 3.37. The first-order valence-corrected chi connectivity index (χ1v) is 11.3. The van der Waals surface area contributed by atoms with Crippen molar-refractivity contribution >= 4 is 33.3 Å². The van der Waals surface area contributed by atoms with Crippen LogP contribution < -0.4 is 0 Å². The molecule has 0 spiro atoms. The van der Waals surface area contributed by atoms with Crippen molar-refractivity contribution in [1.82, 2.24) is 29.7 Å².